The molecule has 0 saturated carbocycles. The van der Waals surface area contributed by atoms with E-state index in [1.165, 1.54) is 23.1 Å². The van der Waals surface area contributed by atoms with Crippen molar-refractivity contribution < 1.29 is 14.0 Å². The number of hydrogen-bond donors (Lipinski definition) is 2. The number of nitrogens with zero attached hydrogens (tertiary/aromatic N) is 2. The van der Waals surface area contributed by atoms with Gasteiger partial charge in [-0.2, -0.15) is 0 Å². The Morgan fingerprint density at radius 2 is 2.22 bits per heavy atom. The second-order valence-electron chi connectivity index (χ2n) is 5.94. The lowest BCUT2D eigenvalue weighted by molar-refractivity contribution is -0.116. The van der Waals surface area contributed by atoms with Gasteiger partial charge < -0.3 is 15.1 Å². The molecule has 0 spiro atoms. The molecule has 1 aromatic carbocycles. The Morgan fingerprint density at radius 1 is 1.30 bits per heavy atom. The summed E-state index contributed by atoms with van der Waals surface area (Å²) in [6, 6.07) is 9.13. The summed E-state index contributed by atoms with van der Waals surface area (Å²) in [6.45, 7) is 0.539. The third kappa shape index (κ3) is 4.37. The van der Waals surface area contributed by atoms with E-state index in [1.807, 2.05) is 18.2 Å². The molecule has 0 fully saturated rings. The Labute approximate surface area is 163 Å². The molecule has 27 heavy (non-hydrogen) atoms. The number of amides is 1. The zero-order chi connectivity index (χ0) is 18.6. The largest absolute Gasteiger partial charge is 0.467 e. The molecule has 0 radical (unpaired) electrons. The van der Waals surface area contributed by atoms with Gasteiger partial charge in [-0.15, -0.1) is 10.2 Å². The summed E-state index contributed by atoms with van der Waals surface area (Å²) in [5, 5.41) is 14.8. The standard InChI is InChI=1S/C18H16N4O3S2/c23-15(12-3-5-14-11(8-12)4-6-16(24)20-14)10-26-18-22-21-17(27-18)19-9-13-2-1-7-25-13/h1-3,5,7-8H,4,6,9-10H2,(H,19,21)(H,20,24). The van der Waals surface area contributed by atoms with Crippen LogP contribution < -0.4 is 10.6 Å². The van der Waals surface area contributed by atoms with Crippen molar-refractivity contribution in [3.8, 4) is 0 Å². The van der Waals surface area contributed by atoms with Crippen LogP contribution in [0.25, 0.3) is 0 Å². The van der Waals surface area contributed by atoms with E-state index in [4.69, 9.17) is 4.42 Å². The minimum Gasteiger partial charge on any atom is -0.467 e. The van der Waals surface area contributed by atoms with Gasteiger partial charge in [0.2, 0.25) is 11.0 Å². The molecular weight excluding hydrogens is 384 g/mol. The maximum atomic E-state index is 12.5. The fourth-order valence-electron chi connectivity index (χ4n) is 2.68. The topological polar surface area (TPSA) is 97.1 Å². The van der Waals surface area contributed by atoms with Crippen LogP contribution in [-0.4, -0.2) is 27.6 Å². The highest BCUT2D eigenvalue weighted by atomic mass is 32.2. The third-order valence-electron chi connectivity index (χ3n) is 4.05. The predicted octanol–water partition coefficient (Wildman–Crippen LogP) is 3.60. The number of furan rings is 1. The predicted molar refractivity (Wildman–Crippen MR) is 104 cm³/mol. The van der Waals surface area contributed by atoms with Crippen molar-refractivity contribution in [1.82, 2.24) is 10.2 Å². The fourth-order valence-corrected chi connectivity index (χ4v) is 4.33. The van der Waals surface area contributed by atoms with Crippen LogP contribution in [0.4, 0.5) is 10.8 Å². The molecule has 0 aliphatic carbocycles. The van der Waals surface area contributed by atoms with Crippen LogP contribution in [0, 0.1) is 0 Å². The Hall–Kier alpha value is -2.65. The summed E-state index contributed by atoms with van der Waals surface area (Å²) in [6.07, 6.45) is 2.74. The first-order valence-electron chi connectivity index (χ1n) is 8.36. The summed E-state index contributed by atoms with van der Waals surface area (Å²) < 4.78 is 5.99. The van der Waals surface area contributed by atoms with E-state index in [0.29, 0.717) is 30.1 Å². The lowest BCUT2D eigenvalue weighted by Crippen LogP contribution is -2.19. The first kappa shape index (κ1) is 17.7. The van der Waals surface area contributed by atoms with Crippen LogP contribution >= 0.6 is 23.1 Å². The molecule has 4 rings (SSSR count). The van der Waals surface area contributed by atoms with Gasteiger partial charge in [0.05, 0.1) is 18.6 Å². The van der Waals surface area contributed by atoms with Gasteiger partial charge in [0, 0.05) is 17.7 Å². The number of aryl methyl sites for hydroxylation is 1. The van der Waals surface area contributed by atoms with Gasteiger partial charge in [0.1, 0.15) is 5.76 Å². The van der Waals surface area contributed by atoms with Gasteiger partial charge in [-0.1, -0.05) is 23.1 Å². The van der Waals surface area contributed by atoms with Crippen molar-refractivity contribution in [3.63, 3.8) is 0 Å². The molecule has 138 valence electrons. The highest BCUT2D eigenvalue weighted by Gasteiger charge is 2.17. The third-order valence-corrected chi connectivity index (χ3v) is 6.06. The minimum absolute atomic E-state index is 0.0184. The van der Waals surface area contributed by atoms with E-state index in [9.17, 15) is 9.59 Å². The number of hydrogen-bond acceptors (Lipinski definition) is 8. The van der Waals surface area contributed by atoms with Gasteiger partial charge in [0.15, 0.2) is 10.1 Å². The normalized spacial score (nSPS) is 13.1. The van der Waals surface area contributed by atoms with Gasteiger partial charge in [-0.25, -0.2) is 0 Å². The van der Waals surface area contributed by atoms with Gasteiger partial charge in [0.25, 0.3) is 0 Å². The van der Waals surface area contributed by atoms with Crippen LogP contribution in [0.5, 0.6) is 0 Å². The van der Waals surface area contributed by atoms with Crippen molar-refractivity contribution in [2.75, 3.05) is 16.4 Å². The molecule has 0 atom stereocenters. The number of nitrogens with one attached hydrogen (secondary N) is 2. The number of benzene rings is 1. The average molecular weight is 400 g/mol. The molecule has 1 aliphatic heterocycles. The molecule has 3 aromatic rings. The smallest absolute Gasteiger partial charge is 0.224 e. The molecule has 7 nitrogen and oxygen atoms in total. The van der Waals surface area contributed by atoms with Gasteiger partial charge in [-0.05, 0) is 42.3 Å². The Kier molecular flexibility index (Phi) is 5.21. The summed E-state index contributed by atoms with van der Waals surface area (Å²) in [5.74, 6) is 1.15. The number of rotatable bonds is 7. The SMILES string of the molecule is O=C1CCc2cc(C(=O)CSc3nnc(NCc4ccco4)s3)ccc2N1. The molecule has 1 amide bonds. The second-order valence-corrected chi connectivity index (χ2v) is 8.14. The quantitative estimate of drug-likeness (QED) is 0.462. The van der Waals surface area contributed by atoms with E-state index in [-0.39, 0.29) is 17.4 Å². The monoisotopic (exact) mass is 400 g/mol. The lowest BCUT2D eigenvalue weighted by atomic mass is 9.99. The van der Waals surface area contributed by atoms with Gasteiger partial charge in [-0.3, -0.25) is 9.59 Å². The molecule has 3 heterocycles. The first-order chi connectivity index (χ1) is 13.2. The van der Waals surface area contributed by atoms with E-state index >= 15 is 0 Å². The second kappa shape index (κ2) is 7.93. The summed E-state index contributed by atoms with van der Waals surface area (Å²) in [5.41, 5.74) is 2.45. The molecular formula is C18H16N4O3S2. The maximum absolute atomic E-state index is 12.5. The lowest BCUT2D eigenvalue weighted by Gasteiger charge is -2.17. The zero-order valence-corrected chi connectivity index (χ0v) is 15.9. The fraction of sp³-hybridized carbons (Fsp3) is 0.222. The Morgan fingerprint density at radius 3 is 3.07 bits per heavy atom. The summed E-state index contributed by atoms with van der Waals surface area (Å²) in [4.78, 5) is 23.9. The first-order valence-corrected chi connectivity index (χ1v) is 10.2. The van der Waals surface area contributed by atoms with Gasteiger partial charge >= 0.3 is 0 Å². The van der Waals surface area contributed by atoms with E-state index < -0.39 is 0 Å². The number of fused-ring (bicyclic) bond motifs is 1. The van der Waals surface area contributed by atoms with E-state index in [1.54, 1.807) is 18.4 Å². The van der Waals surface area contributed by atoms with Crippen LogP contribution in [-0.2, 0) is 17.8 Å². The molecule has 2 aromatic heterocycles. The van der Waals surface area contributed by atoms with Crippen molar-refractivity contribution in [2.24, 2.45) is 0 Å². The highest BCUT2D eigenvalue weighted by molar-refractivity contribution is 8.01. The number of ketones is 1. The van der Waals surface area contributed by atoms with Crippen LogP contribution in [0.3, 0.4) is 0 Å². The van der Waals surface area contributed by atoms with Crippen molar-refractivity contribution in [2.45, 2.75) is 23.7 Å². The van der Waals surface area contributed by atoms with Crippen molar-refractivity contribution in [1.29, 1.82) is 0 Å². The molecule has 1 aliphatic rings. The number of aromatic nitrogens is 2. The number of Topliss-reactive ketones (excluding diaryl/α,β-unsaturated/α-hetero) is 1. The Bertz CT molecular complexity index is 969. The zero-order valence-electron chi connectivity index (χ0n) is 14.2. The molecule has 0 unspecified atom stereocenters. The van der Waals surface area contributed by atoms with Crippen molar-refractivity contribution in [3.05, 3.63) is 53.5 Å². The molecule has 9 heteroatoms. The minimum atomic E-state index is 0.0184. The molecule has 0 saturated heterocycles. The number of carbonyl (C=O) groups is 2. The summed E-state index contributed by atoms with van der Waals surface area (Å²) >= 11 is 2.77. The van der Waals surface area contributed by atoms with Crippen LogP contribution in [0.15, 0.2) is 45.4 Å². The molecule has 2 N–H and O–H groups in total. The highest BCUT2D eigenvalue weighted by Crippen LogP contribution is 2.28. The van der Waals surface area contributed by atoms with E-state index in [0.717, 1.165) is 21.4 Å². The maximum Gasteiger partial charge on any atom is 0.224 e. The average Bonchev–Trinajstić information content (AvgIpc) is 3.35. The van der Waals surface area contributed by atoms with Crippen LogP contribution in [0.1, 0.15) is 28.1 Å². The number of carbonyl (C=O) groups excluding carboxylic acids is 2. The summed E-state index contributed by atoms with van der Waals surface area (Å²) in [7, 11) is 0. The van der Waals surface area contributed by atoms with Crippen molar-refractivity contribution >= 4 is 45.6 Å². The Balaban J connectivity index is 1.32. The molecule has 0 bridgehead atoms. The van der Waals surface area contributed by atoms with E-state index in [2.05, 4.69) is 20.8 Å². The van der Waals surface area contributed by atoms with Crippen LogP contribution in [0.2, 0.25) is 0 Å². The number of anilines is 2. The number of thioether (sulfide) groups is 1.